The van der Waals surface area contributed by atoms with Crippen LogP contribution in [-0.2, 0) is 6.54 Å². The summed E-state index contributed by atoms with van der Waals surface area (Å²) in [7, 11) is 0. The van der Waals surface area contributed by atoms with Crippen molar-refractivity contribution in [3.63, 3.8) is 0 Å². The highest BCUT2D eigenvalue weighted by atomic mass is 19.1. The van der Waals surface area contributed by atoms with Crippen LogP contribution in [0.25, 0.3) is 5.65 Å². The van der Waals surface area contributed by atoms with E-state index in [9.17, 15) is 9.18 Å². The molecule has 4 rings (SSSR count). The number of aromatic amines is 1. The Hall–Kier alpha value is -2.47. The van der Waals surface area contributed by atoms with Gasteiger partial charge in [-0.1, -0.05) is 18.2 Å². The fraction of sp³-hybridized carbons (Fsp3) is 0.368. The van der Waals surface area contributed by atoms with E-state index in [4.69, 9.17) is 0 Å². The Morgan fingerprint density at radius 2 is 2.12 bits per heavy atom. The second-order valence-corrected chi connectivity index (χ2v) is 6.84. The standard InChI is InChI=1S/C19H21FN4O/c1-12-13(2)21-18-9-17(22-24(18)19(12)25)15-7-8-23(11-15)10-14-5-3-4-6-16(14)20/h3-6,9,15,22H,7-8,10-11H2,1-2H3/t15-/m1/s1. The SMILES string of the molecule is Cc1nc2cc([C@@H]3CCN(Cc4ccccc4F)C3)[nH]n2c(=O)c1C. The second kappa shape index (κ2) is 6.11. The Labute approximate surface area is 145 Å². The highest BCUT2D eigenvalue weighted by Gasteiger charge is 2.26. The van der Waals surface area contributed by atoms with Crippen LogP contribution < -0.4 is 5.56 Å². The van der Waals surface area contributed by atoms with E-state index in [0.717, 1.165) is 36.5 Å². The summed E-state index contributed by atoms with van der Waals surface area (Å²) >= 11 is 0. The van der Waals surface area contributed by atoms with Gasteiger partial charge in [-0.05, 0) is 32.9 Å². The fourth-order valence-corrected chi connectivity index (χ4v) is 3.54. The van der Waals surface area contributed by atoms with Crippen LogP contribution >= 0.6 is 0 Å². The van der Waals surface area contributed by atoms with Gasteiger partial charge in [-0.2, -0.15) is 0 Å². The molecular formula is C19H21FN4O. The van der Waals surface area contributed by atoms with Gasteiger partial charge in [0, 0.05) is 47.6 Å². The molecular weight excluding hydrogens is 319 g/mol. The molecule has 3 aromatic rings. The lowest BCUT2D eigenvalue weighted by Gasteiger charge is -2.16. The lowest BCUT2D eigenvalue weighted by molar-refractivity contribution is 0.320. The van der Waals surface area contributed by atoms with Crippen molar-refractivity contribution in [3.05, 3.63) is 69.0 Å². The van der Waals surface area contributed by atoms with E-state index in [1.54, 1.807) is 13.0 Å². The van der Waals surface area contributed by atoms with Gasteiger partial charge in [-0.25, -0.2) is 13.9 Å². The van der Waals surface area contributed by atoms with E-state index in [-0.39, 0.29) is 11.4 Å². The van der Waals surface area contributed by atoms with Crippen molar-refractivity contribution in [2.45, 2.75) is 32.7 Å². The Morgan fingerprint density at radius 1 is 1.32 bits per heavy atom. The number of hydrogen-bond acceptors (Lipinski definition) is 3. The summed E-state index contributed by atoms with van der Waals surface area (Å²) in [6.45, 7) is 6.01. The van der Waals surface area contributed by atoms with Crippen LogP contribution in [0.4, 0.5) is 4.39 Å². The molecule has 1 fully saturated rings. The van der Waals surface area contributed by atoms with Gasteiger partial charge in [-0.3, -0.25) is 14.8 Å². The molecule has 130 valence electrons. The number of likely N-dealkylation sites (tertiary alicyclic amines) is 1. The minimum Gasteiger partial charge on any atom is -0.298 e. The second-order valence-electron chi connectivity index (χ2n) is 6.84. The number of nitrogens with one attached hydrogen (secondary N) is 1. The van der Waals surface area contributed by atoms with Gasteiger partial charge in [0.25, 0.3) is 5.56 Å². The van der Waals surface area contributed by atoms with Crippen LogP contribution in [-0.4, -0.2) is 32.6 Å². The first kappa shape index (κ1) is 16.0. The zero-order valence-electron chi connectivity index (χ0n) is 14.4. The molecule has 0 radical (unpaired) electrons. The maximum absolute atomic E-state index is 13.8. The van der Waals surface area contributed by atoms with E-state index >= 15 is 0 Å². The first-order valence-corrected chi connectivity index (χ1v) is 8.57. The monoisotopic (exact) mass is 340 g/mol. The number of H-pyrrole nitrogens is 1. The Bertz CT molecular complexity index is 991. The number of halogens is 1. The number of rotatable bonds is 3. The summed E-state index contributed by atoms with van der Waals surface area (Å²) in [5.74, 6) is 0.145. The maximum Gasteiger partial charge on any atom is 0.275 e. The molecule has 0 unspecified atom stereocenters. The summed E-state index contributed by atoms with van der Waals surface area (Å²) in [5, 5.41) is 3.21. The Kier molecular flexibility index (Phi) is 3.92. The molecule has 5 nitrogen and oxygen atoms in total. The first-order chi connectivity index (χ1) is 12.0. The van der Waals surface area contributed by atoms with E-state index in [2.05, 4.69) is 15.0 Å². The molecule has 0 bridgehead atoms. The molecule has 0 aliphatic carbocycles. The van der Waals surface area contributed by atoms with Crippen LogP contribution in [0.5, 0.6) is 0 Å². The molecule has 1 saturated heterocycles. The van der Waals surface area contributed by atoms with Gasteiger partial charge < -0.3 is 0 Å². The summed E-state index contributed by atoms with van der Waals surface area (Å²) < 4.78 is 15.4. The third-order valence-corrected chi connectivity index (χ3v) is 5.17. The topological polar surface area (TPSA) is 53.4 Å². The number of benzene rings is 1. The lowest BCUT2D eigenvalue weighted by Crippen LogP contribution is -2.21. The summed E-state index contributed by atoms with van der Waals surface area (Å²) in [4.78, 5) is 19.1. The van der Waals surface area contributed by atoms with E-state index in [0.29, 0.717) is 23.7 Å². The predicted octanol–water partition coefficient (Wildman–Crippen LogP) is 2.77. The van der Waals surface area contributed by atoms with Gasteiger partial charge in [-0.15, -0.1) is 0 Å². The van der Waals surface area contributed by atoms with Crippen LogP contribution in [0.3, 0.4) is 0 Å². The van der Waals surface area contributed by atoms with Gasteiger partial charge in [0.2, 0.25) is 0 Å². The Morgan fingerprint density at radius 3 is 2.92 bits per heavy atom. The van der Waals surface area contributed by atoms with Crippen molar-refractivity contribution in [3.8, 4) is 0 Å². The molecule has 25 heavy (non-hydrogen) atoms. The molecule has 2 aromatic heterocycles. The van der Waals surface area contributed by atoms with Crippen molar-refractivity contribution in [2.24, 2.45) is 0 Å². The number of nitrogens with zero attached hydrogens (tertiary/aromatic N) is 3. The molecule has 0 spiro atoms. The van der Waals surface area contributed by atoms with E-state index in [1.807, 2.05) is 25.1 Å². The number of aryl methyl sites for hydroxylation is 1. The molecule has 0 amide bonds. The van der Waals surface area contributed by atoms with Crippen molar-refractivity contribution < 1.29 is 4.39 Å². The first-order valence-electron chi connectivity index (χ1n) is 8.57. The molecule has 1 N–H and O–H groups in total. The normalized spacial score (nSPS) is 18.3. The average molecular weight is 340 g/mol. The molecule has 1 atom stereocenters. The van der Waals surface area contributed by atoms with Crippen molar-refractivity contribution in [1.29, 1.82) is 0 Å². The van der Waals surface area contributed by atoms with Crippen molar-refractivity contribution in [1.82, 2.24) is 19.5 Å². The summed E-state index contributed by atoms with van der Waals surface area (Å²) in [6, 6.07) is 8.88. The van der Waals surface area contributed by atoms with Gasteiger partial charge in [0.15, 0.2) is 5.65 Å². The zero-order valence-corrected chi connectivity index (χ0v) is 14.4. The molecule has 1 aliphatic rings. The van der Waals surface area contributed by atoms with Crippen molar-refractivity contribution in [2.75, 3.05) is 13.1 Å². The fourth-order valence-electron chi connectivity index (χ4n) is 3.54. The lowest BCUT2D eigenvalue weighted by atomic mass is 10.1. The summed E-state index contributed by atoms with van der Waals surface area (Å²) in [6.07, 6.45) is 0.980. The van der Waals surface area contributed by atoms with Gasteiger partial charge >= 0.3 is 0 Å². The number of aromatic nitrogens is 3. The smallest absolute Gasteiger partial charge is 0.275 e. The Balaban J connectivity index is 1.56. The molecule has 0 saturated carbocycles. The average Bonchev–Trinajstić information content (AvgIpc) is 3.22. The number of fused-ring (bicyclic) bond motifs is 1. The maximum atomic E-state index is 13.8. The minimum atomic E-state index is -0.154. The minimum absolute atomic E-state index is 0.0463. The van der Waals surface area contributed by atoms with Crippen LogP contribution in [0.1, 0.15) is 34.9 Å². The van der Waals surface area contributed by atoms with Gasteiger partial charge in [0.1, 0.15) is 5.82 Å². The van der Waals surface area contributed by atoms with Gasteiger partial charge in [0.05, 0.1) is 0 Å². The highest BCUT2D eigenvalue weighted by Crippen LogP contribution is 2.28. The summed E-state index contributed by atoms with van der Waals surface area (Å²) in [5.41, 5.74) is 3.79. The van der Waals surface area contributed by atoms with Crippen LogP contribution in [0.15, 0.2) is 35.1 Å². The number of hydrogen-bond donors (Lipinski definition) is 1. The molecule has 1 aromatic carbocycles. The highest BCUT2D eigenvalue weighted by molar-refractivity contribution is 5.42. The van der Waals surface area contributed by atoms with Crippen molar-refractivity contribution >= 4 is 5.65 Å². The predicted molar refractivity (Wildman–Crippen MR) is 94.3 cm³/mol. The molecule has 3 heterocycles. The molecule has 1 aliphatic heterocycles. The molecule has 6 heteroatoms. The third-order valence-electron chi connectivity index (χ3n) is 5.17. The van der Waals surface area contributed by atoms with E-state index < -0.39 is 0 Å². The zero-order chi connectivity index (χ0) is 17.6. The largest absolute Gasteiger partial charge is 0.298 e. The third kappa shape index (κ3) is 2.87. The van der Waals surface area contributed by atoms with Crippen LogP contribution in [0, 0.1) is 19.7 Å². The van der Waals surface area contributed by atoms with Crippen LogP contribution in [0.2, 0.25) is 0 Å². The van der Waals surface area contributed by atoms with E-state index in [1.165, 1.54) is 10.6 Å². The quantitative estimate of drug-likeness (QED) is 0.798.